The number of hydrogen-bond donors (Lipinski definition) is 2. The van der Waals surface area contributed by atoms with Gasteiger partial charge in [-0.15, -0.1) is 23.1 Å². The van der Waals surface area contributed by atoms with E-state index >= 15 is 0 Å². The Balaban J connectivity index is 1.62. The van der Waals surface area contributed by atoms with Crippen LogP contribution in [0.15, 0.2) is 35.3 Å². The molecule has 2 heterocycles. The molecule has 0 spiro atoms. The van der Waals surface area contributed by atoms with Gasteiger partial charge in [-0.25, -0.2) is 4.98 Å². The van der Waals surface area contributed by atoms with Crippen LogP contribution in [0.2, 0.25) is 0 Å². The number of methoxy groups -OCH3 is 2. The number of aromatic hydroxyl groups is 1. The Kier molecular flexibility index (Phi) is 5.29. The molecule has 1 aliphatic rings. The van der Waals surface area contributed by atoms with Gasteiger partial charge in [0.15, 0.2) is 11.5 Å². The number of ether oxygens (including phenoxy) is 3. The van der Waals surface area contributed by atoms with Gasteiger partial charge < -0.3 is 24.4 Å². The lowest BCUT2D eigenvalue weighted by Gasteiger charge is -2.12. The second-order valence-electron chi connectivity index (χ2n) is 6.01. The van der Waals surface area contributed by atoms with Gasteiger partial charge in [-0.05, 0) is 12.1 Å². The number of phenolic OH excluding ortho intramolecular Hbond substituents is 1. The summed E-state index contributed by atoms with van der Waals surface area (Å²) in [5.41, 5.74) is 0.865. The molecular formula is C19H18N2O5S2. The molecule has 0 saturated carbocycles. The Morgan fingerprint density at radius 3 is 2.50 bits per heavy atom. The number of aliphatic imine (C=N–C) groups is 1. The lowest BCUT2D eigenvalue weighted by atomic mass is 10.2. The minimum absolute atomic E-state index is 0.0506. The van der Waals surface area contributed by atoms with Crippen molar-refractivity contribution in [3.8, 4) is 28.7 Å². The quantitative estimate of drug-likeness (QED) is 0.631. The predicted octanol–water partition coefficient (Wildman–Crippen LogP) is 3.67. The molecule has 2 N–H and O–H groups in total. The first-order valence-corrected chi connectivity index (χ1v) is 10.3. The maximum Gasteiger partial charge on any atom is 0.201 e. The first kappa shape index (κ1) is 18.9. The van der Waals surface area contributed by atoms with Crippen LogP contribution < -0.4 is 14.2 Å². The van der Waals surface area contributed by atoms with Crippen LogP contribution in [0.5, 0.6) is 28.7 Å². The van der Waals surface area contributed by atoms with Crippen molar-refractivity contribution in [1.82, 2.24) is 4.98 Å². The third-order valence-electron chi connectivity index (χ3n) is 4.15. The number of aliphatic hydroxyl groups excluding tert-OH is 1. The highest BCUT2D eigenvalue weighted by Gasteiger charge is 2.21. The molecule has 28 heavy (non-hydrogen) atoms. The van der Waals surface area contributed by atoms with Gasteiger partial charge in [0.2, 0.25) is 5.75 Å². The molecule has 1 aliphatic heterocycles. The van der Waals surface area contributed by atoms with E-state index in [1.165, 1.54) is 25.6 Å². The van der Waals surface area contributed by atoms with Crippen molar-refractivity contribution in [1.29, 1.82) is 0 Å². The number of aliphatic hydroxyl groups is 1. The topological polar surface area (TPSA) is 93.4 Å². The number of phenols is 1. The summed E-state index contributed by atoms with van der Waals surface area (Å²) in [6.45, 7) is 0.0545. The largest absolute Gasteiger partial charge is 0.502 e. The summed E-state index contributed by atoms with van der Waals surface area (Å²) in [4.78, 5) is 9.14. The lowest BCUT2D eigenvalue weighted by molar-refractivity contribution is 0.277. The van der Waals surface area contributed by atoms with E-state index in [2.05, 4.69) is 9.98 Å². The highest BCUT2D eigenvalue weighted by atomic mass is 32.2. The molecule has 4 rings (SSSR count). The number of rotatable bonds is 6. The van der Waals surface area contributed by atoms with Gasteiger partial charge in [0.1, 0.15) is 21.6 Å². The van der Waals surface area contributed by atoms with Crippen molar-refractivity contribution < 1.29 is 24.4 Å². The first-order chi connectivity index (χ1) is 13.6. The van der Waals surface area contributed by atoms with Crippen LogP contribution in [-0.4, -0.2) is 52.9 Å². The Hall–Kier alpha value is -2.49. The fourth-order valence-electron chi connectivity index (χ4n) is 2.75. The number of thiazole rings is 1. The summed E-state index contributed by atoms with van der Waals surface area (Å²) in [5.74, 6) is 2.36. The summed E-state index contributed by atoms with van der Waals surface area (Å²) in [6, 6.07) is 8.77. The molecule has 0 fully saturated rings. The first-order valence-electron chi connectivity index (χ1n) is 8.46. The van der Waals surface area contributed by atoms with Crippen LogP contribution in [0.4, 0.5) is 0 Å². The van der Waals surface area contributed by atoms with E-state index in [0.717, 1.165) is 26.0 Å². The molecule has 0 amide bonds. The zero-order valence-corrected chi connectivity index (χ0v) is 16.8. The van der Waals surface area contributed by atoms with E-state index in [1.54, 1.807) is 23.9 Å². The Morgan fingerprint density at radius 1 is 1.11 bits per heavy atom. The van der Waals surface area contributed by atoms with Crippen LogP contribution in [0.3, 0.4) is 0 Å². The van der Waals surface area contributed by atoms with E-state index < -0.39 is 0 Å². The lowest BCUT2D eigenvalue weighted by Crippen LogP contribution is -2.08. The molecule has 0 bridgehead atoms. The average molecular weight is 418 g/mol. The van der Waals surface area contributed by atoms with Crippen molar-refractivity contribution in [3.63, 3.8) is 0 Å². The Bertz CT molecular complexity index is 1020. The highest BCUT2D eigenvalue weighted by molar-refractivity contribution is 8.15. The van der Waals surface area contributed by atoms with Crippen LogP contribution in [-0.2, 0) is 0 Å². The monoisotopic (exact) mass is 418 g/mol. The molecule has 1 aromatic heterocycles. The molecule has 146 valence electrons. The van der Waals surface area contributed by atoms with Crippen LogP contribution in [0.1, 0.15) is 5.01 Å². The third-order valence-corrected chi connectivity index (χ3v) is 6.43. The minimum Gasteiger partial charge on any atom is -0.502 e. The number of nitrogens with zero attached hydrogens (tertiary/aromatic N) is 2. The van der Waals surface area contributed by atoms with Gasteiger partial charge in [-0.3, -0.25) is 4.99 Å². The fraction of sp³-hybridized carbons (Fsp3) is 0.263. The molecule has 0 saturated heterocycles. The second kappa shape index (κ2) is 7.86. The van der Waals surface area contributed by atoms with Crippen molar-refractivity contribution in [2.45, 2.75) is 6.04 Å². The maximum atomic E-state index is 10.0. The molecule has 7 nitrogen and oxygen atoms in total. The zero-order chi connectivity index (χ0) is 19.7. The predicted molar refractivity (Wildman–Crippen MR) is 111 cm³/mol. The number of fused-ring (bicyclic) bond motifs is 1. The maximum absolute atomic E-state index is 10.0. The SMILES string of the molecule is COc1cc(Oc2ccc3nc(C4=N[C@@H](CO)CS4)sc3c2)cc(OC)c1O. The Labute approximate surface area is 169 Å². The summed E-state index contributed by atoms with van der Waals surface area (Å²) in [7, 11) is 2.93. The summed E-state index contributed by atoms with van der Waals surface area (Å²) in [6.07, 6.45) is 0. The smallest absolute Gasteiger partial charge is 0.201 e. The van der Waals surface area contributed by atoms with Gasteiger partial charge in [-0.2, -0.15) is 0 Å². The van der Waals surface area contributed by atoms with E-state index in [1.807, 2.05) is 18.2 Å². The highest BCUT2D eigenvalue weighted by Crippen LogP contribution is 2.41. The number of thioether (sulfide) groups is 1. The molecule has 0 aliphatic carbocycles. The Morgan fingerprint density at radius 2 is 1.86 bits per heavy atom. The standard InChI is InChI=1S/C19H18N2O5S2/c1-24-14-5-12(6-15(25-2)17(14)23)26-11-3-4-13-16(7-11)28-19(21-13)18-20-10(8-22)9-27-18/h3-7,10,22-23H,8-9H2,1-2H3/t10-/m0/s1. The molecule has 0 unspecified atom stereocenters. The van der Waals surface area contributed by atoms with Gasteiger partial charge in [0, 0.05) is 24.0 Å². The molecule has 3 aromatic rings. The van der Waals surface area contributed by atoms with E-state index in [-0.39, 0.29) is 29.9 Å². The average Bonchev–Trinajstić information content (AvgIpc) is 3.35. The van der Waals surface area contributed by atoms with Crippen molar-refractivity contribution in [2.24, 2.45) is 4.99 Å². The van der Waals surface area contributed by atoms with Gasteiger partial charge in [0.25, 0.3) is 0 Å². The van der Waals surface area contributed by atoms with Crippen molar-refractivity contribution in [3.05, 3.63) is 35.3 Å². The summed E-state index contributed by atoms with van der Waals surface area (Å²) in [5, 5.41) is 21.0. The minimum atomic E-state index is -0.0732. The number of aromatic nitrogens is 1. The number of benzene rings is 2. The van der Waals surface area contributed by atoms with E-state index in [9.17, 15) is 10.2 Å². The van der Waals surface area contributed by atoms with E-state index in [0.29, 0.717) is 11.5 Å². The van der Waals surface area contributed by atoms with Gasteiger partial charge in [0.05, 0.1) is 37.1 Å². The zero-order valence-electron chi connectivity index (χ0n) is 15.2. The third kappa shape index (κ3) is 3.60. The van der Waals surface area contributed by atoms with Crippen molar-refractivity contribution >= 4 is 38.4 Å². The van der Waals surface area contributed by atoms with Crippen LogP contribution >= 0.6 is 23.1 Å². The van der Waals surface area contributed by atoms with E-state index in [4.69, 9.17) is 14.2 Å². The summed E-state index contributed by atoms with van der Waals surface area (Å²) < 4.78 is 17.2. The normalized spacial score (nSPS) is 16.2. The molecular weight excluding hydrogens is 400 g/mol. The van der Waals surface area contributed by atoms with Crippen molar-refractivity contribution in [2.75, 3.05) is 26.6 Å². The van der Waals surface area contributed by atoms with Gasteiger partial charge in [-0.1, -0.05) is 0 Å². The molecule has 9 heteroatoms. The number of hydrogen-bond acceptors (Lipinski definition) is 9. The second-order valence-corrected chi connectivity index (χ2v) is 8.05. The fourth-order valence-corrected chi connectivity index (χ4v) is 4.86. The van der Waals surface area contributed by atoms with Gasteiger partial charge >= 0.3 is 0 Å². The summed E-state index contributed by atoms with van der Waals surface area (Å²) >= 11 is 3.15. The molecule has 2 aromatic carbocycles. The molecule has 1 atom stereocenters. The van der Waals surface area contributed by atoms with Crippen LogP contribution in [0.25, 0.3) is 10.2 Å². The van der Waals surface area contributed by atoms with Crippen LogP contribution in [0, 0.1) is 0 Å². The molecule has 0 radical (unpaired) electrons.